The molecule has 0 saturated heterocycles. The quantitative estimate of drug-likeness (QED) is 0.889. The first-order chi connectivity index (χ1) is 10.0. The summed E-state index contributed by atoms with van der Waals surface area (Å²) in [5, 5.41) is 13.3. The van der Waals surface area contributed by atoms with Crippen LogP contribution in [0, 0.1) is 5.82 Å². The Morgan fingerprint density at radius 3 is 2.71 bits per heavy atom. The molecule has 2 aromatic rings. The van der Waals surface area contributed by atoms with E-state index in [1.807, 2.05) is 24.6 Å². The molecule has 1 aromatic carbocycles. The molecule has 0 aliphatic rings. The zero-order valence-corrected chi connectivity index (χ0v) is 12.0. The summed E-state index contributed by atoms with van der Waals surface area (Å²) in [7, 11) is 0. The number of aromatic nitrogens is 2. The minimum Gasteiger partial charge on any atom is -0.487 e. The van der Waals surface area contributed by atoms with Gasteiger partial charge in [0, 0.05) is 12.6 Å². The number of aryl methyl sites for hydroxylation is 2. The molecule has 1 heterocycles. The van der Waals surface area contributed by atoms with Crippen LogP contribution in [0.25, 0.3) is 0 Å². The fourth-order valence-corrected chi connectivity index (χ4v) is 2.00. The molecule has 2 rings (SSSR count). The molecular formula is C15H17FN2O3. The number of carbonyl (C=O) groups is 1. The largest absolute Gasteiger partial charge is 0.487 e. The van der Waals surface area contributed by atoms with Gasteiger partial charge in [-0.15, -0.1) is 0 Å². The Hall–Kier alpha value is -2.37. The van der Waals surface area contributed by atoms with Crippen LogP contribution in [0.5, 0.6) is 5.75 Å². The maximum atomic E-state index is 13.4. The highest BCUT2D eigenvalue weighted by Gasteiger charge is 2.10. The maximum absolute atomic E-state index is 13.4. The highest BCUT2D eigenvalue weighted by atomic mass is 19.1. The third-order valence-corrected chi connectivity index (χ3v) is 3.08. The molecule has 0 aliphatic carbocycles. The van der Waals surface area contributed by atoms with Crippen LogP contribution in [-0.4, -0.2) is 20.9 Å². The summed E-state index contributed by atoms with van der Waals surface area (Å²) in [6, 6.07) is 5.36. The van der Waals surface area contributed by atoms with E-state index in [-0.39, 0.29) is 17.9 Å². The smallest absolute Gasteiger partial charge is 0.335 e. The van der Waals surface area contributed by atoms with Crippen LogP contribution in [0.15, 0.2) is 24.3 Å². The van der Waals surface area contributed by atoms with Gasteiger partial charge in [-0.3, -0.25) is 4.68 Å². The van der Waals surface area contributed by atoms with Gasteiger partial charge in [0.2, 0.25) is 0 Å². The Morgan fingerprint density at radius 1 is 1.33 bits per heavy atom. The van der Waals surface area contributed by atoms with Crippen molar-refractivity contribution in [3.63, 3.8) is 0 Å². The van der Waals surface area contributed by atoms with Crippen LogP contribution in [0.1, 0.15) is 35.6 Å². The number of carboxylic acids is 1. The number of aromatic carboxylic acids is 1. The monoisotopic (exact) mass is 292 g/mol. The van der Waals surface area contributed by atoms with E-state index < -0.39 is 11.8 Å². The van der Waals surface area contributed by atoms with Crippen LogP contribution >= 0.6 is 0 Å². The molecule has 0 saturated carbocycles. The SMILES string of the molecule is CCc1cc(COc2cc(F)cc(C(=O)O)c2)n(CC)n1. The summed E-state index contributed by atoms with van der Waals surface area (Å²) in [4.78, 5) is 10.9. The normalized spacial score (nSPS) is 10.6. The first-order valence-electron chi connectivity index (χ1n) is 6.75. The Labute approximate surface area is 122 Å². The summed E-state index contributed by atoms with van der Waals surface area (Å²) in [5.41, 5.74) is 1.69. The summed E-state index contributed by atoms with van der Waals surface area (Å²) in [5.74, 6) is -1.64. The van der Waals surface area contributed by atoms with Crippen LogP contribution in [0.2, 0.25) is 0 Å². The molecule has 1 N–H and O–H groups in total. The molecule has 21 heavy (non-hydrogen) atoms. The van der Waals surface area contributed by atoms with Crippen LogP contribution < -0.4 is 4.74 Å². The van der Waals surface area contributed by atoms with Gasteiger partial charge < -0.3 is 9.84 Å². The molecule has 0 radical (unpaired) electrons. The molecule has 0 amide bonds. The van der Waals surface area contributed by atoms with E-state index in [4.69, 9.17) is 9.84 Å². The zero-order valence-electron chi connectivity index (χ0n) is 12.0. The van der Waals surface area contributed by atoms with Gasteiger partial charge in [-0.1, -0.05) is 6.92 Å². The van der Waals surface area contributed by atoms with Gasteiger partial charge in [0.25, 0.3) is 0 Å². The molecule has 6 heteroatoms. The van der Waals surface area contributed by atoms with Crippen molar-refractivity contribution in [2.24, 2.45) is 0 Å². The predicted molar refractivity (Wildman–Crippen MR) is 75.0 cm³/mol. The second-order valence-corrected chi connectivity index (χ2v) is 4.57. The van der Waals surface area contributed by atoms with E-state index in [1.165, 1.54) is 12.1 Å². The highest BCUT2D eigenvalue weighted by Crippen LogP contribution is 2.18. The lowest BCUT2D eigenvalue weighted by molar-refractivity contribution is 0.0695. The molecule has 0 fully saturated rings. The topological polar surface area (TPSA) is 64.3 Å². The van der Waals surface area contributed by atoms with Crippen molar-refractivity contribution in [2.75, 3.05) is 0 Å². The van der Waals surface area contributed by atoms with Crippen molar-refractivity contribution in [3.05, 3.63) is 47.0 Å². The number of carboxylic acid groups (broad SMARTS) is 1. The number of ether oxygens (including phenoxy) is 1. The standard InChI is InChI=1S/C15H17FN2O3/c1-3-12-8-13(18(4-2)17-12)9-21-14-6-10(15(19)20)5-11(16)7-14/h5-8H,3-4,9H2,1-2H3,(H,19,20). The van der Waals surface area contributed by atoms with E-state index in [0.717, 1.165) is 23.9 Å². The molecule has 5 nitrogen and oxygen atoms in total. The Bertz CT molecular complexity index is 652. The van der Waals surface area contributed by atoms with Crippen molar-refractivity contribution < 1.29 is 19.0 Å². The lowest BCUT2D eigenvalue weighted by Gasteiger charge is -2.08. The fourth-order valence-electron chi connectivity index (χ4n) is 2.00. The average Bonchev–Trinajstić information content (AvgIpc) is 2.87. The minimum absolute atomic E-state index is 0.136. The van der Waals surface area contributed by atoms with Crippen molar-refractivity contribution in [1.29, 1.82) is 0 Å². The third kappa shape index (κ3) is 3.59. The number of nitrogens with zero attached hydrogens (tertiary/aromatic N) is 2. The lowest BCUT2D eigenvalue weighted by atomic mass is 10.2. The molecule has 0 atom stereocenters. The summed E-state index contributed by atoms with van der Waals surface area (Å²) in [6.07, 6.45) is 0.823. The van der Waals surface area contributed by atoms with Gasteiger partial charge in [-0.05, 0) is 31.5 Å². The summed E-state index contributed by atoms with van der Waals surface area (Å²) in [6.45, 7) is 4.91. The molecule has 0 spiro atoms. The number of benzene rings is 1. The molecule has 112 valence electrons. The fraction of sp³-hybridized carbons (Fsp3) is 0.333. The second-order valence-electron chi connectivity index (χ2n) is 4.57. The first-order valence-corrected chi connectivity index (χ1v) is 6.75. The number of hydrogen-bond donors (Lipinski definition) is 1. The number of hydrogen-bond acceptors (Lipinski definition) is 3. The average molecular weight is 292 g/mol. The van der Waals surface area contributed by atoms with Crippen molar-refractivity contribution in [1.82, 2.24) is 9.78 Å². The van der Waals surface area contributed by atoms with Gasteiger partial charge in [-0.25, -0.2) is 9.18 Å². The predicted octanol–water partition coefficient (Wildman–Crippen LogP) is 2.88. The van der Waals surface area contributed by atoms with E-state index in [0.29, 0.717) is 6.54 Å². The van der Waals surface area contributed by atoms with E-state index >= 15 is 0 Å². The minimum atomic E-state index is -1.19. The van der Waals surface area contributed by atoms with Crippen LogP contribution in [0.3, 0.4) is 0 Å². The molecule has 0 unspecified atom stereocenters. The van der Waals surface area contributed by atoms with E-state index in [1.54, 1.807) is 0 Å². The van der Waals surface area contributed by atoms with Crippen LogP contribution in [-0.2, 0) is 19.6 Å². The van der Waals surface area contributed by atoms with Gasteiger partial charge in [-0.2, -0.15) is 5.10 Å². The zero-order chi connectivity index (χ0) is 15.4. The summed E-state index contributed by atoms with van der Waals surface area (Å²) >= 11 is 0. The molecule has 0 bridgehead atoms. The Balaban J connectivity index is 2.16. The maximum Gasteiger partial charge on any atom is 0.335 e. The molecule has 1 aromatic heterocycles. The Morgan fingerprint density at radius 2 is 2.10 bits per heavy atom. The third-order valence-electron chi connectivity index (χ3n) is 3.08. The van der Waals surface area contributed by atoms with E-state index in [9.17, 15) is 9.18 Å². The number of halogens is 1. The summed E-state index contributed by atoms with van der Waals surface area (Å²) < 4.78 is 20.7. The van der Waals surface area contributed by atoms with E-state index in [2.05, 4.69) is 5.10 Å². The Kier molecular flexibility index (Phi) is 4.57. The highest BCUT2D eigenvalue weighted by molar-refractivity contribution is 5.88. The van der Waals surface area contributed by atoms with Gasteiger partial charge in [0.15, 0.2) is 0 Å². The van der Waals surface area contributed by atoms with Gasteiger partial charge in [0.1, 0.15) is 18.2 Å². The van der Waals surface area contributed by atoms with Crippen molar-refractivity contribution in [3.8, 4) is 5.75 Å². The van der Waals surface area contributed by atoms with Gasteiger partial charge >= 0.3 is 5.97 Å². The lowest BCUT2D eigenvalue weighted by Crippen LogP contribution is -2.07. The van der Waals surface area contributed by atoms with Gasteiger partial charge in [0.05, 0.1) is 17.0 Å². The molecule has 0 aliphatic heterocycles. The first kappa shape index (κ1) is 15.0. The van der Waals surface area contributed by atoms with Crippen molar-refractivity contribution >= 4 is 5.97 Å². The van der Waals surface area contributed by atoms with Crippen molar-refractivity contribution in [2.45, 2.75) is 33.4 Å². The van der Waals surface area contributed by atoms with Crippen LogP contribution in [0.4, 0.5) is 4.39 Å². The molecular weight excluding hydrogens is 275 g/mol. The second kappa shape index (κ2) is 6.39. The number of rotatable bonds is 6.